The molecule has 0 unspecified atom stereocenters. The first kappa shape index (κ1) is 19.4. The summed E-state index contributed by atoms with van der Waals surface area (Å²) in [5.41, 5.74) is 2.27. The molecule has 3 N–H and O–H groups in total. The molecule has 29 heavy (non-hydrogen) atoms. The van der Waals surface area contributed by atoms with Crippen LogP contribution >= 0.6 is 11.3 Å². The molecule has 1 aromatic heterocycles. The van der Waals surface area contributed by atoms with Crippen LogP contribution in [-0.4, -0.2) is 31.1 Å². The number of aromatic nitrogens is 2. The Bertz CT molecular complexity index is 1180. The number of sulfonamides is 1. The number of hydrogen-bond acceptors (Lipinski definition) is 7. The van der Waals surface area contributed by atoms with Crippen LogP contribution < -0.4 is 15.4 Å². The topological polar surface area (TPSA) is 118 Å². The van der Waals surface area contributed by atoms with Crippen molar-refractivity contribution in [3.63, 3.8) is 0 Å². The maximum absolute atomic E-state index is 13.0. The number of halogens is 1. The molecule has 3 aromatic rings. The molecule has 8 nitrogen and oxygen atoms in total. The third-order valence-corrected chi connectivity index (χ3v) is 6.28. The smallest absolute Gasteiger partial charge is 0.286 e. The molecule has 0 radical (unpaired) electrons. The lowest BCUT2D eigenvalue weighted by atomic mass is 10.2. The van der Waals surface area contributed by atoms with Crippen molar-refractivity contribution in [1.82, 2.24) is 10.2 Å². The van der Waals surface area contributed by atoms with Crippen molar-refractivity contribution in [3.05, 3.63) is 63.9 Å². The van der Waals surface area contributed by atoms with Crippen LogP contribution in [0.25, 0.3) is 0 Å². The van der Waals surface area contributed by atoms with Gasteiger partial charge in [0.15, 0.2) is 0 Å². The second-order valence-corrected chi connectivity index (χ2v) is 9.09. The predicted octanol–water partition coefficient (Wildman–Crippen LogP) is 2.14. The summed E-state index contributed by atoms with van der Waals surface area (Å²) < 4.78 is 36.0. The molecule has 0 fully saturated rings. The molecule has 0 saturated carbocycles. The normalized spacial score (nSPS) is 13.4. The first-order valence-corrected chi connectivity index (χ1v) is 11.0. The van der Waals surface area contributed by atoms with Gasteiger partial charge in [0.25, 0.3) is 5.91 Å². The van der Waals surface area contributed by atoms with Crippen LogP contribution in [0, 0.1) is 5.82 Å². The van der Waals surface area contributed by atoms with Crippen molar-refractivity contribution in [1.29, 1.82) is 0 Å². The first-order chi connectivity index (χ1) is 13.8. The predicted molar refractivity (Wildman–Crippen MR) is 107 cm³/mol. The Kier molecular flexibility index (Phi) is 5.03. The molecule has 1 aliphatic heterocycles. The van der Waals surface area contributed by atoms with Gasteiger partial charge in [0, 0.05) is 17.9 Å². The van der Waals surface area contributed by atoms with Crippen LogP contribution in [0.4, 0.5) is 15.8 Å². The Morgan fingerprint density at radius 3 is 2.69 bits per heavy atom. The summed E-state index contributed by atoms with van der Waals surface area (Å²) in [5, 5.41) is 16.7. The first-order valence-electron chi connectivity index (χ1n) is 8.59. The number of nitrogens with zero attached hydrogens (tertiary/aromatic N) is 3. The average molecular weight is 433 g/mol. The Hall–Kier alpha value is -2.89. The highest BCUT2D eigenvalue weighted by Crippen LogP contribution is 2.31. The molecule has 1 aliphatic rings. The highest BCUT2D eigenvalue weighted by molar-refractivity contribution is 7.89. The van der Waals surface area contributed by atoms with Gasteiger partial charge < -0.3 is 10.2 Å². The van der Waals surface area contributed by atoms with E-state index >= 15 is 0 Å². The van der Waals surface area contributed by atoms with Crippen LogP contribution in [0.1, 0.15) is 20.4 Å². The van der Waals surface area contributed by atoms with Gasteiger partial charge in [0.05, 0.1) is 11.4 Å². The van der Waals surface area contributed by atoms with E-state index in [0.29, 0.717) is 30.2 Å². The minimum Gasteiger partial charge on any atom is -0.364 e. The van der Waals surface area contributed by atoms with Crippen molar-refractivity contribution in [2.75, 3.05) is 16.8 Å². The fourth-order valence-corrected chi connectivity index (χ4v) is 4.39. The monoisotopic (exact) mass is 433 g/mol. The van der Waals surface area contributed by atoms with Crippen molar-refractivity contribution in [2.24, 2.45) is 5.14 Å². The summed E-state index contributed by atoms with van der Waals surface area (Å²) in [5.74, 6) is -0.803. The Morgan fingerprint density at radius 1 is 1.21 bits per heavy atom. The summed E-state index contributed by atoms with van der Waals surface area (Å²) in [7, 11) is -3.74. The van der Waals surface area contributed by atoms with E-state index in [1.807, 2.05) is 4.90 Å². The van der Waals surface area contributed by atoms with Gasteiger partial charge in [-0.05, 0) is 54.4 Å². The van der Waals surface area contributed by atoms with Gasteiger partial charge in [-0.2, -0.15) is 0 Å². The third-order valence-electron chi connectivity index (χ3n) is 4.46. The van der Waals surface area contributed by atoms with Crippen LogP contribution in [0.15, 0.2) is 47.4 Å². The number of rotatable bonds is 5. The van der Waals surface area contributed by atoms with Crippen LogP contribution in [0.2, 0.25) is 0 Å². The van der Waals surface area contributed by atoms with Gasteiger partial charge in [-0.25, -0.2) is 17.9 Å². The molecule has 0 saturated heterocycles. The molecular weight excluding hydrogens is 417 g/mol. The van der Waals surface area contributed by atoms with Gasteiger partial charge in [-0.3, -0.25) is 4.79 Å². The molecule has 2 aromatic carbocycles. The van der Waals surface area contributed by atoms with E-state index in [4.69, 9.17) is 5.14 Å². The van der Waals surface area contributed by atoms with E-state index in [-0.39, 0.29) is 15.7 Å². The number of carbonyl (C=O) groups is 1. The van der Waals surface area contributed by atoms with E-state index in [0.717, 1.165) is 11.3 Å². The number of nitrogens with one attached hydrogen (secondary N) is 1. The standard InChI is InChI=1S/C18H16FN5O3S2/c19-12-1-3-13(4-2-12)21-17(25)18-23-22-16(28-18)10-24-8-7-11-9-14(29(20,26)27)5-6-15(11)24/h1-6,9H,7-8,10H2,(H,21,25)(H2,20,26,27). The number of fused-ring (bicyclic) bond motifs is 1. The molecule has 0 atom stereocenters. The number of primary sulfonamides is 1. The lowest BCUT2D eigenvalue weighted by Crippen LogP contribution is -2.19. The quantitative estimate of drug-likeness (QED) is 0.636. The zero-order valence-corrected chi connectivity index (χ0v) is 16.6. The van der Waals surface area contributed by atoms with Crippen molar-refractivity contribution < 1.29 is 17.6 Å². The van der Waals surface area contributed by atoms with Gasteiger partial charge >= 0.3 is 0 Å². The van der Waals surface area contributed by atoms with E-state index in [1.165, 1.54) is 41.7 Å². The number of anilines is 2. The number of nitrogens with two attached hydrogens (primary N) is 1. The van der Waals surface area contributed by atoms with Crippen molar-refractivity contribution >= 4 is 38.6 Å². The number of hydrogen-bond donors (Lipinski definition) is 2. The fraction of sp³-hybridized carbons (Fsp3) is 0.167. The largest absolute Gasteiger partial charge is 0.364 e. The fourth-order valence-electron chi connectivity index (χ4n) is 3.08. The highest BCUT2D eigenvalue weighted by Gasteiger charge is 2.23. The van der Waals surface area contributed by atoms with Crippen LogP contribution in [0.3, 0.4) is 0 Å². The molecule has 11 heteroatoms. The molecule has 0 aliphatic carbocycles. The molecule has 0 bridgehead atoms. The summed E-state index contributed by atoms with van der Waals surface area (Å²) >= 11 is 1.17. The van der Waals surface area contributed by atoms with E-state index in [9.17, 15) is 17.6 Å². The maximum Gasteiger partial charge on any atom is 0.286 e. The molecular formula is C18H16FN5O3S2. The van der Waals surface area contributed by atoms with E-state index in [2.05, 4.69) is 15.5 Å². The second kappa shape index (κ2) is 7.50. The van der Waals surface area contributed by atoms with Crippen LogP contribution in [-0.2, 0) is 23.0 Å². The molecule has 1 amide bonds. The van der Waals surface area contributed by atoms with Crippen molar-refractivity contribution in [2.45, 2.75) is 17.9 Å². The highest BCUT2D eigenvalue weighted by atomic mass is 32.2. The maximum atomic E-state index is 13.0. The van der Waals surface area contributed by atoms with E-state index in [1.54, 1.807) is 12.1 Å². The van der Waals surface area contributed by atoms with Gasteiger partial charge in [-0.15, -0.1) is 10.2 Å². The molecule has 0 spiro atoms. The summed E-state index contributed by atoms with van der Waals surface area (Å²) in [6, 6.07) is 10.2. The zero-order valence-electron chi connectivity index (χ0n) is 15.0. The molecule has 4 rings (SSSR count). The summed E-state index contributed by atoms with van der Waals surface area (Å²) in [6.45, 7) is 1.14. The van der Waals surface area contributed by atoms with Gasteiger partial charge in [0.1, 0.15) is 10.8 Å². The van der Waals surface area contributed by atoms with Gasteiger partial charge in [0.2, 0.25) is 15.0 Å². The number of benzene rings is 2. The minimum absolute atomic E-state index is 0.0914. The summed E-state index contributed by atoms with van der Waals surface area (Å²) in [4.78, 5) is 14.4. The zero-order chi connectivity index (χ0) is 20.6. The number of carbonyl (C=O) groups excluding carboxylic acids is 1. The molecule has 2 heterocycles. The lowest BCUT2D eigenvalue weighted by Gasteiger charge is -2.17. The Balaban J connectivity index is 1.45. The van der Waals surface area contributed by atoms with Crippen molar-refractivity contribution in [3.8, 4) is 0 Å². The van der Waals surface area contributed by atoms with Crippen LogP contribution in [0.5, 0.6) is 0 Å². The summed E-state index contributed by atoms with van der Waals surface area (Å²) in [6.07, 6.45) is 0.690. The Morgan fingerprint density at radius 2 is 1.97 bits per heavy atom. The molecule has 150 valence electrons. The second-order valence-electron chi connectivity index (χ2n) is 6.47. The average Bonchev–Trinajstić information content (AvgIpc) is 3.30. The van der Waals surface area contributed by atoms with E-state index < -0.39 is 15.9 Å². The third kappa shape index (κ3) is 4.26. The minimum atomic E-state index is -3.74. The number of amides is 1. The van der Waals surface area contributed by atoms with Gasteiger partial charge in [-0.1, -0.05) is 11.3 Å². The Labute approximate surface area is 170 Å². The lowest BCUT2D eigenvalue weighted by molar-refractivity contribution is 0.102. The SMILES string of the molecule is NS(=O)(=O)c1ccc2c(c1)CCN2Cc1nnc(C(=O)Nc2ccc(F)cc2)s1.